The van der Waals surface area contributed by atoms with Gasteiger partial charge in [0.1, 0.15) is 11.6 Å². The summed E-state index contributed by atoms with van der Waals surface area (Å²) in [5, 5.41) is 25.6. The van der Waals surface area contributed by atoms with E-state index in [1.54, 1.807) is 56.8 Å². The quantitative estimate of drug-likeness (QED) is 0.129. The van der Waals surface area contributed by atoms with E-state index in [0.29, 0.717) is 52.8 Å². The number of sulfonamides is 1. The maximum Gasteiger partial charge on any atom is 0.263 e. The van der Waals surface area contributed by atoms with Crippen molar-refractivity contribution in [3.05, 3.63) is 98.5 Å². The van der Waals surface area contributed by atoms with Gasteiger partial charge < -0.3 is 19.7 Å². The highest BCUT2D eigenvalue weighted by atomic mass is 32.2. The van der Waals surface area contributed by atoms with Gasteiger partial charge >= 0.3 is 0 Å². The lowest BCUT2D eigenvalue weighted by Crippen LogP contribution is -2.33. The van der Waals surface area contributed by atoms with Crippen LogP contribution in [0.15, 0.2) is 62.9 Å². The third kappa shape index (κ3) is 7.90. The number of anilines is 2. The van der Waals surface area contributed by atoms with Crippen molar-refractivity contribution in [2.24, 2.45) is 7.05 Å². The monoisotopic (exact) mass is 690 g/mol. The molecule has 0 aliphatic rings. The second-order valence-corrected chi connectivity index (χ2v) is 13.4. The van der Waals surface area contributed by atoms with Crippen molar-refractivity contribution in [1.82, 2.24) is 29.7 Å². The van der Waals surface area contributed by atoms with E-state index >= 15 is 0 Å². The lowest BCUT2D eigenvalue weighted by Gasteiger charge is -2.20. The molecule has 5 aromatic rings. The minimum atomic E-state index is -4.06. The molecular weight excluding hydrogens is 648 g/mol. The van der Waals surface area contributed by atoms with E-state index in [0.717, 1.165) is 24.0 Å². The molecule has 0 spiro atoms. The van der Waals surface area contributed by atoms with Crippen LogP contribution in [0.1, 0.15) is 72.4 Å². The molecule has 0 aliphatic carbocycles. The zero-order chi connectivity index (χ0) is 35.3. The van der Waals surface area contributed by atoms with Gasteiger partial charge in [0, 0.05) is 31.2 Å². The number of rotatable bonds is 15. The lowest BCUT2D eigenvalue weighted by molar-refractivity contribution is 0.134. The van der Waals surface area contributed by atoms with Crippen LogP contribution in [-0.2, 0) is 41.4 Å². The number of nitrogens with zero attached hydrogens (tertiary/aromatic N) is 6. The van der Waals surface area contributed by atoms with E-state index in [4.69, 9.17) is 14.2 Å². The Morgan fingerprint density at radius 2 is 1.86 bits per heavy atom. The van der Waals surface area contributed by atoms with Crippen LogP contribution in [0, 0.1) is 20.8 Å². The highest BCUT2D eigenvalue weighted by Crippen LogP contribution is 2.33. The largest absolute Gasteiger partial charge is 0.377 e. The van der Waals surface area contributed by atoms with E-state index in [1.165, 1.54) is 10.7 Å². The van der Waals surface area contributed by atoms with Crippen LogP contribution in [-0.4, -0.2) is 49.8 Å². The molecule has 15 heteroatoms. The Labute approximate surface area is 285 Å². The number of hydrogen-bond acceptors (Lipinski definition) is 11. The minimum Gasteiger partial charge on any atom is -0.377 e. The van der Waals surface area contributed by atoms with Gasteiger partial charge in [-0.2, -0.15) is 0 Å². The molecule has 49 heavy (non-hydrogen) atoms. The predicted molar refractivity (Wildman–Crippen MR) is 185 cm³/mol. The number of aliphatic hydroxyl groups excluding tert-OH is 1. The first-order valence-corrected chi connectivity index (χ1v) is 17.6. The smallest absolute Gasteiger partial charge is 0.263 e. The second-order valence-electron chi connectivity index (χ2n) is 11.8. The van der Waals surface area contributed by atoms with Gasteiger partial charge in [0.15, 0.2) is 17.9 Å². The van der Waals surface area contributed by atoms with Crippen LogP contribution >= 0.6 is 0 Å². The van der Waals surface area contributed by atoms with E-state index < -0.39 is 16.3 Å². The molecule has 260 valence electrons. The second kappa shape index (κ2) is 15.1. The first-order valence-electron chi connectivity index (χ1n) is 16.1. The molecule has 0 fully saturated rings. The molecule has 5 rings (SSSR count). The molecule has 14 nitrogen and oxygen atoms in total. The first kappa shape index (κ1) is 35.4. The summed E-state index contributed by atoms with van der Waals surface area (Å²) in [5.41, 5.74) is 3.41. The molecule has 3 N–H and O–H groups in total. The average molecular weight is 691 g/mol. The number of hydrogen-bond donors (Lipinski definition) is 3. The standard InChI is InChI=1S/C34H42N8O6S/c1-7-9-14-30-35-22(4)31(33(43)36-29-19-41(6)40-37-29)34(44)42(30)18-24-15-16-26(25(17-24)20-47-8-2)27-12-10-11-13-28(27)49(45,46)39-32-21(3)23(5)48-38-32/h10-13,15-17,19,33,36,43H,7-9,14,18,20H2,1-6H3,(H,38,39). The number of aryl methyl sites for hydroxylation is 4. The van der Waals surface area contributed by atoms with Crippen LogP contribution < -0.4 is 15.6 Å². The van der Waals surface area contributed by atoms with Gasteiger partial charge in [-0.15, -0.1) is 5.10 Å². The van der Waals surface area contributed by atoms with E-state index in [1.807, 2.05) is 25.1 Å². The van der Waals surface area contributed by atoms with E-state index in [2.05, 4.69) is 32.4 Å². The molecule has 0 aliphatic heterocycles. The van der Waals surface area contributed by atoms with Crippen molar-refractivity contribution in [2.75, 3.05) is 16.6 Å². The van der Waals surface area contributed by atoms with E-state index in [-0.39, 0.29) is 35.0 Å². The summed E-state index contributed by atoms with van der Waals surface area (Å²) < 4.78 is 44.0. The topological polar surface area (TPSA) is 179 Å². The van der Waals surface area contributed by atoms with Crippen LogP contribution in [0.4, 0.5) is 11.6 Å². The summed E-state index contributed by atoms with van der Waals surface area (Å²) in [5.74, 6) is 1.57. The van der Waals surface area contributed by atoms with Gasteiger partial charge in [0.2, 0.25) is 0 Å². The lowest BCUT2D eigenvalue weighted by atomic mass is 9.97. The summed E-state index contributed by atoms with van der Waals surface area (Å²) in [7, 11) is -2.36. The highest BCUT2D eigenvalue weighted by molar-refractivity contribution is 7.92. The van der Waals surface area contributed by atoms with E-state index in [9.17, 15) is 18.3 Å². The van der Waals surface area contributed by atoms with Crippen LogP contribution in [0.3, 0.4) is 0 Å². The predicted octanol–water partition coefficient (Wildman–Crippen LogP) is 4.78. The molecule has 3 heterocycles. The number of ether oxygens (including phenoxy) is 1. The maximum atomic E-state index is 14.1. The molecule has 1 unspecified atom stereocenters. The van der Waals surface area contributed by atoms with Crippen LogP contribution in [0.25, 0.3) is 11.1 Å². The Balaban J connectivity index is 1.55. The SMILES string of the molecule is CCCCc1nc(C)c(C(O)Nc2cn(C)nn2)c(=O)n1Cc1ccc(-c2ccccc2S(=O)(=O)Nc2noc(C)c2C)c(COCC)c1. The molecule has 0 radical (unpaired) electrons. The fourth-order valence-electron chi connectivity index (χ4n) is 5.50. The maximum absolute atomic E-state index is 14.1. The molecule has 0 bridgehead atoms. The molecular formula is C34H42N8O6S. The molecule has 3 aromatic heterocycles. The van der Waals surface area contributed by atoms with Crippen molar-refractivity contribution < 1.29 is 22.8 Å². The summed E-state index contributed by atoms with van der Waals surface area (Å²) in [6.45, 7) is 9.92. The molecule has 0 amide bonds. The van der Waals surface area contributed by atoms with Crippen molar-refractivity contribution in [3.63, 3.8) is 0 Å². The number of benzene rings is 2. The zero-order valence-corrected chi connectivity index (χ0v) is 29.3. The van der Waals surface area contributed by atoms with Gasteiger partial charge in [0.25, 0.3) is 15.6 Å². The van der Waals surface area contributed by atoms with Gasteiger partial charge in [0.05, 0.1) is 35.5 Å². The van der Waals surface area contributed by atoms with Crippen LogP contribution in [0.2, 0.25) is 0 Å². The first-order chi connectivity index (χ1) is 23.4. The van der Waals surface area contributed by atoms with Gasteiger partial charge in [-0.05, 0) is 56.9 Å². The van der Waals surface area contributed by atoms with Crippen molar-refractivity contribution in [2.45, 2.75) is 78.2 Å². The Bertz CT molecular complexity index is 2100. The number of aliphatic hydroxyl groups is 1. The van der Waals surface area contributed by atoms with Crippen molar-refractivity contribution in [1.29, 1.82) is 0 Å². The summed E-state index contributed by atoms with van der Waals surface area (Å²) in [6.07, 6.45) is 2.54. The Hall–Kier alpha value is -4.86. The zero-order valence-electron chi connectivity index (χ0n) is 28.5. The van der Waals surface area contributed by atoms with Gasteiger partial charge in [-0.1, -0.05) is 60.1 Å². The Kier molecular flexibility index (Phi) is 11.0. The average Bonchev–Trinajstić information content (AvgIpc) is 3.62. The summed E-state index contributed by atoms with van der Waals surface area (Å²) in [6, 6.07) is 12.3. The van der Waals surface area contributed by atoms with Crippen molar-refractivity contribution in [3.8, 4) is 11.1 Å². The fraction of sp³-hybridized carbons (Fsp3) is 0.382. The van der Waals surface area contributed by atoms with Gasteiger partial charge in [-0.25, -0.2) is 13.4 Å². The molecule has 2 aromatic carbocycles. The summed E-state index contributed by atoms with van der Waals surface area (Å²) in [4.78, 5) is 18.9. The minimum absolute atomic E-state index is 0.0654. The Morgan fingerprint density at radius 1 is 1.08 bits per heavy atom. The highest BCUT2D eigenvalue weighted by Gasteiger charge is 2.25. The molecule has 0 saturated heterocycles. The number of unbranched alkanes of at least 4 members (excludes halogenated alkanes) is 1. The number of nitrogens with one attached hydrogen (secondary N) is 2. The Morgan fingerprint density at radius 3 is 2.53 bits per heavy atom. The third-order valence-electron chi connectivity index (χ3n) is 8.22. The summed E-state index contributed by atoms with van der Waals surface area (Å²) >= 11 is 0. The normalized spacial score (nSPS) is 12.3. The third-order valence-corrected chi connectivity index (χ3v) is 9.61. The number of aromatic nitrogens is 6. The van der Waals surface area contributed by atoms with Crippen molar-refractivity contribution >= 4 is 21.7 Å². The van der Waals surface area contributed by atoms with Gasteiger partial charge in [-0.3, -0.25) is 18.8 Å². The fourth-order valence-corrected chi connectivity index (χ4v) is 6.78. The van der Waals surface area contributed by atoms with Crippen LogP contribution in [0.5, 0.6) is 0 Å². The molecule has 0 saturated carbocycles. The molecule has 1 atom stereocenters.